The summed E-state index contributed by atoms with van der Waals surface area (Å²) in [6.07, 6.45) is 0.371. The van der Waals surface area contributed by atoms with Crippen LogP contribution >= 0.6 is 11.3 Å². The summed E-state index contributed by atoms with van der Waals surface area (Å²) in [6.45, 7) is 1.90. The largest absolute Gasteiger partial charge is 0.455 e. The topological polar surface area (TPSA) is 46.6 Å². The van der Waals surface area contributed by atoms with Gasteiger partial charge in [-0.25, -0.2) is 4.39 Å². The Balaban J connectivity index is 1.78. The number of halogens is 1. The third-order valence-electron chi connectivity index (χ3n) is 3.60. The van der Waals surface area contributed by atoms with Crippen molar-refractivity contribution in [2.75, 3.05) is 13.7 Å². The van der Waals surface area contributed by atoms with Gasteiger partial charge >= 0.3 is 5.97 Å². The molecule has 2 aromatic rings. The maximum Gasteiger partial charge on any atom is 0.309 e. The van der Waals surface area contributed by atoms with Gasteiger partial charge in [-0.3, -0.25) is 9.59 Å². The van der Waals surface area contributed by atoms with Crippen LogP contribution in [0.3, 0.4) is 0 Å². The SMILES string of the molecule is CC(Cc1cccc(F)c1)C(=O)OCC(=O)N(C)Cc1ccsc1. The zero-order chi connectivity index (χ0) is 17.5. The van der Waals surface area contributed by atoms with E-state index in [1.165, 1.54) is 17.0 Å². The van der Waals surface area contributed by atoms with Gasteiger partial charge in [-0.05, 0) is 46.5 Å². The molecule has 4 nitrogen and oxygen atoms in total. The molecule has 0 aliphatic carbocycles. The molecular formula is C18H20FNO3S. The van der Waals surface area contributed by atoms with Gasteiger partial charge in [-0.1, -0.05) is 19.1 Å². The van der Waals surface area contributed by atoms with E-state index in [1.807, 2.05) is 16.8 Å². The van der Waals surface area contributed by atoms with Crippen LogP contribution in [0.2, 0.25) is 0 Å². The fraction of sp³-hybridized carbons (Fsp3) is 0.333. The minimum atomic E-state index is -0.462. The quantitative estimate of drug-likeness (QED) is 0.721. The van der Waals surface area contributed by atoms with Crippen LogP contribution in [0.15, 0.2) is 41.1 Å². The number of carbonyl (C=O) groups is 2. The number of amides is 1. The Labute approximate surface area is 144 Å². The van der Waals surface area contributed by atoms with Crippen molar-refractivity contribution in [2.24, 2.45) is 5.92 Å². The van der Waals surface area contributed by atoms with Gasteiger partial charge < -0.3 is 9.64 Å². The molecule has 0 N–H and O–H groups in total. The lowest BCUT2D eigenvalue weighted by molar-refractivity contribution is -0.154. The minimum Gasteiger partial charge on any atom is -0.455 e. The van der Waals surface area contributed by atoms with E-state index in [0.29, 0.717) is 13.0 Å². The number of benzene rings is 1. The first-order valence-corrected chi connectivity index (χ1v) is 8.56. The summed E-state index contributed by atoms with van der Waals surface area (Å²) in [5.41, 5.74) is 1.77. The molecule has 1 unspecified atom stereocenters. The summed E-state index contributed by atoms with van der Waals surface area (Å²) in [5, 5.41) is 3.92. The molecule has 0 bridgehead atoms. The maximum atomic E-state index is 13.2. The van der Waals surface area contributed by atoms with Crippen molar-refractivity contribution in [1.29, 1.82) is 0 Å². The van der Waals surface area contributed by atoms with Crippen LogP contribution in [0.4, 0.5) is 4.39 Å². The van der Waals surface area contributed by atoms with E-state index < -0.39 is 11.9 Å². The lowest BCUT2D eigenvalue weighted by Gasteiger charge is -2.17. The molecule has 1 atom stereocenters. The highest BCUT2D eigenvalue weighted by molar-refractivity contribution is 7.07. The average Bonchev–Trinajstić information content (AvgIpc) is 3.05. The van der Waals surface area contributed by atoms with E-state index in [0.717, 1.165) is 11.1 Å². The van der Waals surface area contributed by atoms with Gasteiger partial charge in [0.2, 0.25) is 0 Å². The van der Waals surface area contributed by atoms with E-state index >= 15 is 0 Å². The zero-order valence-corrected chi connectivity index (χ0v) is 14.5. The standard InChI is InChI=1S/C18H20FNO3S/c1-13(8-14-4-3-5-16(19)9-14)18(22)23-11-17(21)20(2)10-15-6-7-24-12-15/h3-7,9,12-13H,8,10-11H2,1-2H3. The Morgan fingerprint density at radius 3 is 2.75 bits per heavy atom. The smallest absolute Gasteiger partial charge is 0.309 e. The molecule has 1 aromatic carbocycles. The van der Waals surface area contributed by atoms with Gasteiger partial charge in [0, 0.05) is 13.6 Å². The second kappa shape index (κ2) is 8.59. The first-order valence-electron chi connectivity index (χ1n) is 7.62. The molecule has 0 aliphatic rings. The second-order valence-corrected chi connectivity index (χ2v) is 6.50. The Kier molecular flexibility index (Phi) is 6.49. The van der Waals surface area contributed by atoms with Crippen molar-refractivity contribution in [3.63, 3.8) is 0 Å². The minimum absolute atomic E-state index is 0.257. The molecule has 0 saturated heterocycles. The fourth-order valence-electron chi connectivity index (χ4n) is 2.23. The molecule has 6 heteroatoms. The number of esters is 1. The Bertz CT molecular complexity index is 687. The Morgan fingerprint density at radius 1 is 1.29 bits per heavy atom. The lowest BCUT2D eigenvalue weighted by Crippen LogP contribution is -2.31. The van der Waals surface area contributed by atoms with Crippen molar-refractivity contribution in [3.05, 3.63) is 58.0 Å². The highest BCUT2D eigenvalue weighted by Crippen LogP contribution is 2.12. The number of carbonyl (C=O) groups excluding carboxylic acids is 2. The van der Waals surface area contributed by atoms with E-state index in [4.69, 9.17) is 4.74 Å². The van der Waals surface area contributed by atoms with E-state index in [9.17, 15) is 14.0 Å². The third-order valence-corrected chi connectivity index (χ3v) is 4.33. The molecule has 1 heterocycles. The number of nitrogens with zero attached hydrogens (tertiary/aromatic N) is 1. The Morgan fingerprint density at radius 2 is 2.08 bits per heavy atom. The predicted octanol–water partition coefficient (Wildman–Crippen LogP) is 3.27. The van der Waals surface area contributed by atoms with Crippen molar-refractivity contribution in [1.82, 2.24) is 4.90 Å². The number of hydrogen-bond donors (Lipinski definition) is 0. The molecule has 1 amide bonds. The van der Waals surface area contributed by atoms with Crippen molar-refractivity contribution >= 4 is 23.2 Å². The van der Waals surface area contributed by atoms with Crippen LogP contribution in [0.5, 0.6) is 0 Å². The number of thiophene rings is 1. The van der Waals surface area contributed by atoms with Crippen LogP contribution in [-0.2, 0) is 27.3 Å². The van der Waals surface area contributed by atoms with E-state index in [2.05, 4.69) is 0 Å². The van der Waals surface area contributed by atoms with Gasteiger partial charge in [0.05, 0.1) is 5.92 Å². The average molecular weight is 349 g/mol. The summed E-state index contributed by atoms with van der Waals surface area (Å²) < 4.78 is 18.2. The molecule has 0 spiro atoms. The molecule has 1 aromatic heterocycles. The number of likely N-dealkylation sites (N-methyl/N-ethyl adjacent to an activating group) is 1. The summed E-state index contributed by atoms with van der Waals surface area (Å²) in [6, 6.07) is 8.05. The molecule has 0 radical (unpaired) electrons. The highest BCUT2D eigenvalue weighted by atomic mass is 32.1. The van der Waals surface area contributed by atoms with Gasteiger partial charge in [0.15, 0.2) is 6.61 Å². The van der Waals surface area contributed by atoms with Crippen LogP contribution in [0, 0.1) is 11.7 Å². The van der Waals surface area contributed by atoms with Crippen LogP contribution < -0.4 is 0 Å². The van der Waals surface area contributed by atoms with Gasteiger partial charge in [-0.2, -0.15) is 11.3 Å². The number of rotatable bonds is 7. The van der Waals surface area contributed by atoms with Gasteiger partial charge in [-0.15, -0.1) is 0 Å². The predicted molar refractivity (Wildman–Crippen MR) is 91.0 cm³/mol. The van der Waals surface area contributed by atoms with Gasteiger partial charge in [0.25, 0.3) is 5.91 Å². The fourth-order valence-corrected chi connectivity index (χ4v) is 2.89. The normalized spacial score (nSPS) is 11.8. The summed E-state index contributed by atoms with van der Waals surface area (Å²) in [7, 11) is 1.67. The molecule has 128 valence electrons. The maximum absolute atomic E-state index is 13.2. The van der Waals surface area contributed by atoms with Crippen LogP contribution in [0.1, 0.15) is 18.1 Å². The van der Waals surface area contributed by atoms with Gasteiger partial charge in [0.1, 0.15) is 5.82 Å². The molecule has 0 fully saturated rings. The molecule has 24 heavy (non-hydrogen) atoms. The molecule has 0 saturated carbocycles. The summed E-state index contributed by atoms with van der Waals surface area (Å²) in [5.74, 6) is -1.50. The second-order valence-electron chi connectivity index (χ2n) is 5.72. The molecule has 0 aliphatic heterocycles. The van der Waals surface area contributed by atoms with E-state index in [-0.39, 0.29) is 18.3 Å². The van der Waals surface area contributed by atoms with Crippen molar-refractivity contribution in [3.8, 4) is 0 Å². The molecule has 2 rings (SSSR count). The highest BCUT2D eigenvalue weighted by Gasteiger charge is 2.18. The monoisotopic (exact) mass is 349 g/mol. The number of hydrogen-bond acceptors (Lipinski definition) is 4. The number of ether oxygens (including phenoxy) is 1. The summed E-state index contributed by atoms with van der Waals surface area (Å²) in [4.78, 5) is 25.5. The Hall–Kier alpha value is -2.21. The van der Waals surface area contributed by atoms with Crippen LogP contribution in [0.25, 0.3) is 0 Å². The zero-order valence-electron chi connectivity index (χ0n) is 13.7. The van der Waals surface area contributed by atoms with Crippen molar-refractivity contribution in [2.45, 2.75) is 19.9 Å². The summed E-state index contributed by atoms with van der Waals surface area (Å²) >= 11 is 1.57. The molecular weight excluding hydrogens is 329 g/mol. The third kappa shape index (κ3) is 5.45. The van der Waals surface area contributed by atoms with E-state index in [1.54, 1.807) is 37.4 Å². The van der Waals surface area contributed by atoms with Crippen molar-refractivity contribution < 1.29 is 18.7 Å². The first kappa shape index (κ1) is 18.1. The first-order chi connectivity index (χ1) is 11.5. The lowest BCUT2D eigenvalue weighted by atomic mass is 10.0. The van der Waals surface area contributed by atoms with Crippen LogP contribution in [-0.4, -0.2) is 30.4 Å².